The second-order valence-corrected chi connectivity index (χ2v) is 9.55. The number of benzene rings is 2. The largest absolute Gasteiger partial charge is 0.497 e. The van der Waals surface area contributed by atoms with Gasteiger partial charge in [-0.1, -0.05) is 24.3 Å². The van der Waals surface area contributed by atoms with Crippen molar-refractivity contribution in [3.05, 3.63) is 64.2 Å². The van der Waals surface area contributed by atoms with E-state index in [1.54, 1.807) is 7.11 Å². The number of carbonyl (C=O) groups excluding carboxylic acids is 1. The van der Waals surface area contributed by atoms with E-state index >= 15 is 0 Å². The number of fused-ring (bicyclic) bond motifs is 1. The highest BCUT2D eigenvalue weighted by molar-refractivity contribution is 5.70. The molecule has 30 heavy (non-hydrogen) atoms. The fourth-order valence-electron chi connectivity index (χ4n) is 5.76. The summed E-state index contributed by atoms with van der Waals surface area (Å²) in [5.74, 6) is 2.17. The molecule has 4 nitrogen and oxygen atoms in total. The number of cyclic esters (lactones) is 1. The fraction of sp³-hybridized carbons (Fsp3) is 0.500. The Hall–Kier alpha value is -2.49. The quantitative estimate of drug-likeness (QED) is 0.770. The van der Waals surface area contributed by atoms with Gasteiger partial charge in [0.15, 0.2) is 0 Å². The number of nitrogens with one attached hydrogen (secondary N) is 1. The topological polar surface area (TPSA) is 47.6 Å². The van der Waals surface area contributed by atoms with Crippen LogP contribution < -0.4 is 10.1 Å². The van der Waals surface area contributed by atoms with Gasteiger partial charge in [0.05, 0.1) is 12.6 Å². The van der Waals surface area contributed by atoms with E-state index in [4.69, 9.17) is 9.47 Å². The Labute approximate surface area is 179 Å². The molecule has 0 aromatic heterocycles. The molecule has 5 rings (SSSR count). The molecule has 1 saturated heterocycles. The summed E-state index contributed by atoms with van der Waals surface area (Å²) in [6.07, 6.45) is 7.62. The molecule has 0 bridgehead atoms. The van der Waals surface area contributed by atoms with Gasteiger partial charge in [-0.05, 0) is 104 Å². The van der Waals surface area contributed by atoms with Gasteiger partial charge in [-0.3, -0.25) is 0 Å². The van der Waals surface area contributed by atoms with Crippen molar-refractivity contribution in [3.63, 3.8) is 0 Å². The van der Waals surface area contributed by atoms with Crippen molar-refractivity contribution in [1.82, 2.24) is 5.32 Å². The molecule has 1 N–H and O–H groups in total. The molecular weight excluding hydrogens is 374 g/mol. The van der Waals surface area contributed by atoms with E-state index in [9.17, 15) is 4.79 Å². The minimum absolute atomic E-state index is 0.126. The van der Waals surface area contributed by atoms with Gasteiger partial charge in [-0.15, -0.1) is 0 Å². The third-order valence-electron chi connectivity index (χ3n) is 7.55. The van der Waals surface area contributed by atoms with Crippen LogP contribution in [0.2, 0.25) is 0 Å². The van der Waals surface area contributed by atoms with Crippen LogP contribution in [0.15, 0.2) is 36.4 Å². The standard InChI is InChI=1S/C26H31NO3/c1-17-11-24(29-2)8-7-19(17)12-18-3-4-21-14-22(6-5-20(21)13-18)23-9-10-26(15-23)16-30-25(28)27-26/h5-8,11,14,18,23H,3-4,9-10,12-13,15-16H2,1-2H3,(H,27,28)/t18-,23-,26+/m0/s1. The van der Waals surface area contributed by atoms with Crippen LogP contribution in [0, 0.1) is 12.8 Å². The minimum Gasteiger partial charge on any atom is -0.497 e. The second-order valence-electron chi connectivity index (χ2n) is 9.55. The van der Waals surface area contributed by atoms with Crippen molar-refractivity contribution >= 4 is 6.09 Å². The van der Waals surface area contributed by atoms with E-state index in [0.29, 0.717) is 18.4 Å². The van der Waals surface area contributed by atoms with Crippen molar-refractivity contribution < 1.29 is 14.3 Å². The minimum atomic E-state index is -0.251. The zero-order valence-corrected chi connectivity index (χ0v) is 18.0. The van der Waals surface area contributed by atoms with E-state index in [0.717, 1.165) is 31.4 Å². The first-order valence-corrected chi connectivity index (χ1v) is 11.2. The van der Waals surface area contributed by atoms with E-state index in [2.05, 4.69) is 48.6 Å². The average Bonchev–Trinajstić information content (AvgIpc) is 3.34. The molecule has 4 heteroatoms. The average molecular weight is 406 g/mol. The van der Waals surface area contributed by atoms with Crippen molar-refractivity contribution in [3.8, 4) is 5.75 Å². The van der Waals surface area contributed by atoms with Crippen LogP contribution in [0.25, 0.3) is 0 Å². The van der Waals surface area contributed by atoms with Gasteiger partial charge < -0.3 is 14.8 Å². The summed E-state index contributed by atoms with van der Waals surface area (Å²) in [7, 11) is 1.73. The van der Waals surface area contributed by atoms with Crippen LogP contribution in [0.1, 0.15) is 59.4 Å². The van der Waals surface area contributed by atoms with Crippen molar-refractivity contribution in [2.75, 3.05) is 13.7 Å². The highest BCUT2D eigenvalue weighted by atomic mass is 16.6. The van der Waals surface area contributed by atoms with Gasteiger partial charge in [0, 0.05) is 0 Å². The Morgan fingerprint density at radius 2 is 2.07 bits per heavy atom. The van der Waals surface area contributed by atoms with Gasteiger partial charge in [-0.2, -0.15) is 0 Å². The summed E-state index contributed by atoms with van der Waals surface area (Å²) in [6, 6.07) is 13.6. The summed E-state index contributed by atoms with van der Waals surface area (Å²) in [5, 5.41) is 3.06. The molecule has 2 aromatic carbocycles. The first kappa shape index (κ1) is 19.5. The van der Waals surface area contributed by atoms with Gasteiger partial charge >= 0.3 is 6.09 Å². The predicted molar refractivity (Wildman–Crippen MR) is 117 cm³/mol. The smallest absolute Gasteiger partial charge is 0.407 e. The third kappa shape index (κ3) is 3.68. The Bertz CT molecular complexity index is 969. The van der Waals surface area contributed by atoms with Crippen molar-refractivity contribution in [2.24, 2.45) is 5.92 Å². The predicted octanol–water partition coefficient (Wildman–Crippen LogP) is 5.10. The Morgan fingerprint density at radius 1 is 1.17 bits per heavy atom. The summed E-state index contributed by atoms with van der Waals surface area (Å²) >= 11 is 0. The van der Waals surface area contributed by atoms with Gasteiger partial charge in [-0.25, -0.2) is 4.79 Å². The van der Waals surface area contributed by atoms with Crippen LogP contribution in [0.5, 0.6) is 5.75 Å². The van der Waals surface area contributed by atoms with Gasteiger partial charge in [0.1, 0.15) is 12.4 Å². The second kappa shape index (κ2) is 7.64. The number of alkyl carbamates (subject to hydrolysis) is 1. The number of methoxy groups -OCH3 is 1. The molecule has 0 radical (unpaired) electrons. The molecular formula is C26H31NO3. The van der Waals surface area contributed by atoms with Crippen molar-refractivity contribution in [2.45, 2.75) is 63.3 Å². The summed E-state index contributed by atoms with van der Waals surface area (Å²) in [6.45, 7) is 2.72. The van der Waals surface area contributed by atoms with Crippen LogP contribution in [0.3, 0.4) is 0 Å². The number of ether oxygens (including phenoxy) is 2. The molecule has 158 valence electrons. The lowest BCUT2D eigenvalue weighted by molar-refractivity contribution is 0.172. The third-order valence-corrected chi connectivity index (χ3v) is 7.55. The SMILES string of the molecule is COc1ccc(C[C@@H]2CCc3cc([C@H]4CC[C@]5(COC(=O)N5)C4)ccc3C2)c(C)c1. The lowest BCUT2D eigenvalue weighted by Gasteiger charge is -2.27. The van der Waals surface area contributed by atoms with Crippen LogP contribution in [-0.4, -0.2) is 25.3 Å². The number of amides is 1. The summed E-state index contributed by atoms with van der Waals surface area (Å²) < 4.78 is 10.5. The van der Waals surface area contributed by atoms with Crippen LogP contribution in [-0.2, 0) is 24.0 Å². The molecule has 3 aliphatic rings. The molecule has 1 aliphatic heterocycles. The number of hydrogen-bond donors (Lipinski definition) is 1. The molecule has 2 aromatic rings. The van der Waals surface area contributed by atoms with Crippen LogP contribution in [0.4, 0.5) is 4.79 Å². The number of aryl methyl sites for hydroxylation is 2. The lowest BCUT2D eigenvalue weighted by Crippen LogP contribution is -2.40. The number of rotatable bonds is 4. The first-order chi connectivity index (χ1) is 14.5. The molecule has 1 spiro atoms. The Kier molecular flexibility index (Phi) is 4.96. The normalized spacial score (nSPS) is 27.6. The highest BCUT2D eigenvalue weighted by Crippen LogP contribution is 2.43. The highest BCUT2D eigenvalue weighted by Gasteiger charge is 2.46. The number of hydrogen-bond acceptors (Lipinski definition) is 3. The van der Waals surface area contributed by atoms with Crippen molar-refractivity contribution in [1.29, 1.82) is 0 Å². The first-order valence-electron chi connectivity index (χ1n) is 11.2. The molecule has 0 unspecified atom stereocenters. The molecule has 2 fully saturated rings. The zero-order valence-electron chi connectivity index (χ0n) is 18.0. The summed E-state index contributed by atoms with van der Waals surface area (Å²) in [5.41, 5.74) is 7.14. The Morgan fingerprint density at radius 3 is 2.83 bits per heavy atom. The maximum absolute atomic E-state index is 11.5. The zero-order chi connectivity index (χ0) is 20.7. The monoisotopic (exact) mass is 405 g/mol. The Balaban J connectivity index is 1.26. The maximum Gasteiger partial charge on any atom is 0.407 e. The molecule has 1 saturated carbocycles. The van der Waals surface area contributed by atoms with E-state index in [1.807, 2.05) is 0 Å². The number of carbonyl (C=O) groups is 1. The van der Waals surface area contributed by atoms with E-state index in [-0.39, 0.29) is 11.6 Å². The molecule has 1 heterocycles. The van der Waals surface area contributed by atoms with Gasteiger partial charge in [0.25, 0.3) is 0 Å². The molecule has 1 amide bonds. The van der Waals surface area contributed by atoms with Gasteiger partial charge in [0.2, 0.25) is 0 Å². The van der Waals surface area contributed by atoms with Crippen LogP contribution >= 0.6 is 0 Å². The molecule has 3 atom stereocenters. The van der Waals surface area contributed by atoms with E-state index in [1.165, 1.54) is 47.1 Å². The lowest BCUT2D eigenvalue weighted by atomic mass is 9.79. The molecule has 2 aliphatic carbocycles. The maximum atomic E-state index is 11.5. The fourth-order valence-corrected chi connectivity index (χ4v) is 5.76. The summed E-state index contributed by atoms with van der Waals surface area (Å²) in [4.78, 5) is 11.5. The van der Waals surface area contributed by atoms with E-state index < -0.39 is 0 Å².